The van der Waals surface area contributed by atoms with Gasteiger partial charge in [0.1, 0.15) is 11.5 Å². The van der Waals surface area contributed by atoms with Gasteiger partial charge in [0.25, 0.3) is 0 Å². The van der Waals surface area contributed by atoms with Crippen molar-refractivity contribution in [3.05, 3.63) is 109 Å². The summed E-state index contributed by atoms with van der Waals surface area (Å²) in [5, 5.41) is 10.4. The summed E-state index contributed by atoms with van der Waals surface area (Å²) in [6.45, 7) is 0. The van der Waals surface area contributed by atoms with Crippen LogP contribution in [0.5, 0.6) is 0 Å². The summed E-state index contributed by atoms with van der Waals surface area (Å²) in [7, 11) is 0. The number of aromatic nitrogens is 1. The van der Waals surface area contributed by atoms with Crippen LogP contribution in [0.25, 0.3) is 52.9 Å². The highest BCUT2D eigenvalue weighted by Crippen LogP contribution is 2.51. The Morgan fingerprint density at radius 1 is 0.750 bits per heavy atom. The van der Waals surface area contributed by atoms with Crippen LogP contribution in [0.3, 0.4) is 0 Å². The maximum Gasteiger partial charge on any atom is 0.138 e. The number of thiophene rings is 1. The minimum Gasteiger partial charge on any atom is -0.357 e. The van der Waals surface area contributed by atoms with Crippen molar-refractivity contribution in [3.8, 4) is 0 Å². The first-order valence-corrected chi connectivity index (χ1v) is 13.1. The van der Waals surface area contributed by atoms with Crippen molar-refractivity contribution in [1.82, 2.24) is 4.40 Å². The second-order valence-corrected chi connectivity index (χ2v) is 10.7. The molecule has 3 aromatic heterocycles. The van der Waals surface area contributed by atoms with Gasteiger partial charge in [0.05, 0.1) is 22.8 Å². The number of benzene rings is 4. The summed E-state index contributed by atoms with van der Waals surface area (Å²) in [4.78, 5) is 5.26. The van der Waals surface area contributed by atoms with Crippen LogP contribution in [0.15, 0.2) is 108 Å². The predicted octanol–water partition coefficient (Wildman–Crippen LogP) is 8.57. The van der Waals surface area contributed by atoms with Gasteiger partial charge in [-0.2, -0.15) is 0 Å². The van der Waals surface area contributed by atoms with Gasteiger partial charge in [-0.25, -0.2) is 4.99 Å². The average molecular weight is 478 g/mol. The number of anilines is 1. The quantitative estimate of drug-likeness (QED) is 0.252. The maximum absolute atomic E-state index is 5.26. The third-order valence-corrected chi connectivity index (χ3v) is 8.84. The van der Waals surface area contributed by atoms with Gasteiger partial charge in [-0.3, -0.25) is 4.40 Å². The van der Waals surface area contributed by atoms with Crippen molar-refractivity contribution in [3.63, 3.8) is 0 Å². The standard InChI is InChI=1S/C32H19N3S/c1-2-8-18(9-3-1)19-14-15-23-24(16-19)34-32-30(33-23)22-17-27-28(21-11-5-7-13-26(21)36-27)29-20-10-4-6-12-25(20)35(32)31(22)29/h1-17,24,34H. The fraction of sp³-hybridized carbons (Fsp3) is 0.0312. The summed E-state index contributed by atoms with van der Waals surface area (Å²) in [5.74, 6) is 1.09. The van der Waals surface area contributed by atoms with E-state index in [-0.39, 0.29) is 6.04 Å². The number of nitrogens with one attached hydrogen (secondary N) is 1. The third-order valence-electron chi connectivity index (χ3n) is 7.72. The van der Waals surface area contributed by atoms with Gasteiger partial charge in [-0.15, -0.1) is 11.3 Å². The van der Waals surface area contributed by atoms with E-state index in [9.17, 15) is 0 Å². The number of hydrogen-bond donors (Lipinski definition) is 1. The van der Waals surface area contributed by atoms with E-state index in [1.165, 1.54) is 58.5 Å². The molecule has 0 amide bonds. The van der Waals surface area contributed by atoms with Gasteiger partial charge in [-0.05, 0) is 41.5 Å². The molecule has 4 aromatic carbocycles. The van der Waals surface area contributed by atoms with Crippen LogP contribution >= 0.6 is 11.3 Å². The average Bonchev–Trinajstić information content (AvgIpc) is 3.57. The SMILES string of the molecule is C1=CC2=Nc3c(n4c5ccccc5c5c6c(cc3c54)sc3ccccc36)NC2C=C1c1ccccc1. The number of fused-ring (bicyclic) bond motifs is 11. The highest BCUT2D eigenvalue weighted by Gasteiger charge is 2.30. The van der Waals surface area contributed by atoms with E-state index in [1.807, 2.05) is 11.3 Å². The maximum atomic E-state index is 5.26. The van der Waals surface area contributed by atoms with Crippen LogP contribution < -0.4 is 5.32 Å². The highest BCUT2D eigenvalue weighted by atomic mass is 32.1. The van der Waals surface area contributed by atoms with Gasteiger partial charge in [-0.1, -0.05) is 72.8 Å². The summed E-state index contributed by atoms with van der Waals surface area (Å²) < 4.78 is 5.07. The van der Waals surface area contributed by atoms with Crippen LogP contribution in [-0.4, -0.2) is 16.2 Å². The number of rotatable bonds is 1. The fourth-order valence-electron chi connectivity index (χ4n) is 6.18. The minimum atomic E-state index is 0.0384. The topological polar surface area (TPSA) is 28.8 Å². The second kappa shape index (κ2) is 6.62. The lowest BCUT2D eigenvalue weighted by Crippen LogP contribution is -2.31. The van der Waals surface area contributed by atoms with E-state index in [1.54, 1.807) is 0 Å². The van der Waals surface area contributed by atoms with Gasteiger partial charge in [0.15, 0.2) is 0 Å². The molecule has 36 heavy (non-hydrogen) atoms. The Labute approximate surface area is 210 Å². The van der Waals surface area contributed by atoms with Crippen LogP contribution in [-0.2, 0) is 0 Å². The Bertz CT molecular complexity index is 2120. The zero-order valence-electron chi connectivity index (χ0n) is 19.2. The zero-order chi connectivity index (χ0) is 23.4. The third kappa shape index (κ3) is 2.30. The van der Waals surface area contributed by atoms with Crippen molar-refractivity contribution < 1.29 is 0 Å². The van der Waals surface area contributed by atoms with Crippen molar-refractivity contribution in [2.75, 3.05) is 5.32 Å². The predicted molar refractivity (Wildman–Crippen MR) is 155 cm³/mol. The van der Waals surface area contributed by atoms with E-state index in [2.05, 4.69) is 113 Å². The second-order valence-electron chi connectivity index (χ2n) is 9.65. The van der Waals surface area contributed by atoms with Crippen molar-refractivity contribution >= 4 is 81.5 Å². The number of allylic oxidation sites excluding steroid dienone is 2. The molecular weight excluding hydrogens is 458 g/mol. The molecule has 4 heteroatoms. The molecule has 0 saturated carbocycles. The number of nitrogens with zero attached hydrogens (tertiary/aromatic N) is 2. The van der Waals surface area contributed by atoms with Crippen LogP contribution in [0, 0.1) is 0 Å². The molecule has 4 heterocycles. The molecule has 3 nitrogen and oxygen atoms in total. The summed E-state index contributed by atoms with van der Waals surface area (Å²) >= 11 is 1.88. The molecule has 7 aromatic rings. The van der Waals surface area contributed by atoms with E-state index in [4.69, 9.17) is 4.99 Å². The molecule has 1 N–H and O–H groups in total. The number of hydrogen-bond acceptors (Lipinski definition) is 3. The van der Waals surface area contributed by atoms with E-state index < -0.39 is 0 Å². The normalized spacial score (nSPS) is 17.1. The molecule has 1 unspecified atom stereocenters. The van der Waals surface area contributed by atoms with Crippen LogP contribution in [0.4, 0.5) is 11.5 Å². The molecule has 1 aliphatic carbocycles. The summed E-state index contributed by atoms with van der Waals surface area (Å²) in [5.41, 5.74) is 7.06. The first-order chi connectivity index (χ1) is 17.8. The van der Waals surface area contributed by atoms with Crippen LogP contribution in [0.2, 0.25) is 0 Å². The summed E-state index contributed by atoms with van der Waals surface area (Å²) in [6, 6.07) is 30.6. The Morgan fingerprint density at radius 3 is 2.47 bits per heavy atom. The number of para-hydroxylation sites is 1. The van der Waals surface area contributed by atoms with Crippen LogP contribution in [0.1, 0.15) is 5.56 Å². The first-order valence-electron chi connectivity index (χ1n) is 12.3. The lowest BCUT2D eigenvalue weighted by Gasteiger charge is -2.25. The molecule has 9 rings (SSSR count). The molecule has 2 aliphatic rings. The molecular formula is C32H19N3S. The van der Waals surface area contributed by atoms with Gasteiger partial charge >= 0.3 is 0 Å². The molecule has 0 saturated heterocycles. The van der Waals surface area contributed by atoms with E-state index in [0.29, 0.717) is 0 Å². The Hall–Kier alpha value is -4.41. The van der Waals surface area contributed by atoms with Gasteiger partial charge in [0, 0.05) is 36.3 Å². The van der Waals surface area contributed by atoms with Crippen molar-refractivity contribution in [1.29, 1.82) is 0 Å². The monoisotopic (exact) mass is 477 g/mol. The molecule has 0 radical (unpaired) electrons. The van der Waals surface area contributed by atoms with E-state index >= 15 is 0 Å². The van der Waals surface area contributed by atoms with E-state index in [0.717, 1.165) is 17.2 Å². The number of aliphatic imine (C=N–C) groups is 1. The van der Waals surface area contributed by atoms with Crippen molar-refractivity contribution in [2.24, 2.45) is 4.99 Å². The lowest BCUT2D eigenvalue weighted by molar-refractivity contribution is 1.09. The van der Waals surface area contributed by atoms with Gasteiger partial charge in [0.2, 0.25) is 0 Å². The lowest BCUT2D eigenvalue weighted by atomic mass is 9.94. The molecule has 0 bridgehead atoms. The molecule has 0 fully saturated rings. The Kier molecular flexibility index (Phi) is 3.47. The smallest absolute Gasteiger partial charge is 0.138 e. The Balaban J connectivity index is 1.38. The zero-order valence-corrected chi connectivity index (χ0v) is 20.0. The molecule has 1 atom stereocenters. The largest absolute Gasteiger partial charge is 0.357 e. The Morgan fingerprint density at radius 2 is 1.56 bits per heavy atom. The minimum absolute atomic E-state index is 0.0384. The molecule has 168 valence electrons. The fourth-order valence-corrected chi connectivity index (χ4v) is 7.34. The first kappa shape index (κ1) is 18.9. The van der Waals surface area contributed by atoms with Gasteiger partial charge < -0.3 is 5.32 Å². The highest BCUT2D eigenvalue weighted by molar-refractivity contribution is 7.26. The molecule has 0 spiro atoms. The van der Waals surface area contributed by atoms with Crippen molar-refractivity contribution in [2.45, 2.75) is 6.04 Å². The molecule has 1 aliphatic heterocycles. The summed E-state index contributed by atoms with van der Waals surface area (Å²) in [6.07, 6.45) is 6.66.